The first-order valence-corrected chi connectivity index (χ1v) is 7.21. The molecule has 0 aliphatic heterocycles. The number of ether oxygens (including phenoxy) is 1. The molecule has 0 spiro atoms. The molecule has 3 aromatic rings. The molecule has 3 aromatic carbocycles. The fourth-order valence-electron chi connectivity index (χ4n) is 2.29. The third-order valence-corrected chi connectivity index (χ3v) is 3.74. The van der Waals surface area contributed by atoms with Crippen LogP contribution in [0.15, 0.2) is 53.0 Å². The predicted octanol–water partition coefficient (Wildman–Crippen LogP) is 5.54. The maximum Gasteiger partial charge on any atom is 0.134 e. The van der Waals surface area contributed by atoms with Crippen LogP contribution in [0.3, 0.4) is 0 Å². The van der Waals surface area contributed by atoms with Gasteiger partial charge < -0.3 is 4.74 Å². The highest BCUT2D eigenvalue weighted by molar-refractivity contribution is 9.10. The number of rotatable bonds is 2. The van der Waals surface area contributed by atoms with Crippen LogP contribution >= 0.6 is 15.9 Å². The maximum absolute atomic E-state index is 5.82. The van der Waals surface area contributed by atoms with Gasteiger partial charge in [0.25, 0.3) is 0 Å². The second-order valence-electron chi connectivity index (χ2n) is 5.00. The number of hydrogen-bond acceptors (Lipinski definition) is 1. The van der Waals surface area contributed by atoms with Crippen molar-refractivity contribution < 1.29 is 4.74 Å². The van der Waals surface area contributed by atoms with E-state index in [4.69, 9.17) is 4.74 Å². The standard InChI is InChI=1S/C17H15BrO/c1-11(2)19-17-10-15-8-13-6-4-3-5-12(13)7-14(15)9-16(17)18/h3-11H,1-2H3. The molecule has 0 fully saturated rings. The highest BCUT2D eigenvalue weighted by Gasteiger charge is 2.06. The van der Waals surface area contributed by atoms with Crippen LogP contribution in [0.4, 0.5) is 0 Å². The van der Waals surface area contributed by atoms with Gasteiger partial charge in [0, 0.05) is 0 Å². The van der Waals surface area contributed by atoms with Crippen LogP contribution in [0, 0.1) is 0 Å². The Morgan fingerprint density at radius 1 is 0.842 bits per heavy atom. The van der Waals surface area contributed by atoms with Gasteiger partial charge in [-0.05, 0) is 75.6 Å². The summed E-state index contributed by atoms with van der Waals surface area (Å²) in [6.45, 7) is 4.08. The lowest BCUT2D eigenvalue weighted by atomic mass is 10.0. The SMILES string of the molecule is CC(C)Oc1cc2cc3ccccc3cc2cc1Br. The predicted molar refractivity (Wildman–Crippen MR) is 84.9 cm³/mol. The van der Waals surface area contributed by atoms with Crippen molar-refractivity contribution in [1.82, 2.24) is 0 Å². The smallest absolute Gasteiger partial charge is 0.134 e. The van der Waals surface area contributed by atoms with Gasteiger partial charge in [-0.3, -0.25) is 0 Å². The van der Waals surface area contributed by atoms with E-state index in [2.05, 4.69) is 64.5 Å². The fourth-order valence-corrected chi connectivity index (χ4v) is 2.74. The average Bonchev–Trinajstić information content (AvgIpc) is 2.37. The Kier molecular flexibility index (Phi) is 3.19. The summed E-state index contributed by atoms with van der Waals surface area (Å²) in [5.74, 6) is 0.901. The van der Waals surface area contributed by atoms with Gasteiger partial charge in [-0.1, -0.05) is 24.3 Å². The Morgan fingerprint density at radius 3 is 2.00 bits per heavy atom. The minimum atomic E-state index is 0.175. The second-order valence-corrected chi connectivity index (χ2v) is 5.85. The van der Waals surface area contributed by atoms with Crippen LogP contribution in [0.25, 0.3) is 21.5 Å². The molecular weight excluding hydrogens is 300 g/mol. The molecule has 0 saturated carbocycles. The third kappa shape index (κ3) is 2.45. The zero-order chi connectivity index (χ0) is 13.4. The lowest BCUT2D eigenvalue weighted by molar-refractivity contribution is 0.241. The van der Waals surface area contributed by atoms with Crippen molar-refractivity contribution in [2.75, 3.05) is 0 Å². The van der Waals surface area contributed by atoms with Gasteiger partial charge >= 0.3 is 0 Å². The van der Waals surface area contributed by atoms with Gasteiger partial charge in [-0.2, -0.15) is 0 Å². The number of benzene rings is 3. The van der Waals surface area contributed by atoms with E-state index in [0.717, 1.165) is 10.2 Å². The summed E-state index contributed by atoms with van der Waals surface area (Å²) in [5.41, 5.74) is 0. The molecule has 1 nitrogen and oxygen atoms in total. The minimum absolute atomic E-state index is 0.175. The van der Waals surface area contributed by atoms with E-state index in [9.17, 15) is 0 Å². The molecular formula is C17H15BrO. The second kappa shape index (κ2) is 4.86. The Hall–Kier alpha value is -1.54. The molecule has 0 atom stereocenters. The summed E-state index contributed by atoms with van der Waals surface area (Å²) in [7, 11) is 0. The third-order valence-electron chi connectivity index (χ3n) is 3.12. The summed E-state index contributed by atoms with van der Waals surface area (Å²) in [6.07, 6.45) is 0.175. The summed E-state index contributed by atoms with van der Waals surface area (Å²) in [6, 6.07) is 17.1. The quantitative estimate of drug-likeness (QED) is 0.564. The molecule has 0 bridgehead atoms. The first-order chi connectivity index (χ1) is 9.13. The normalized spacial score (nSPS) is 11.4. The van der Waals surface area contributed by atoms with E-state index >= 15 is 0 Å². The molecule has 0 aliphatic rings. The Morgan fingerprint density at radius 2 is 1.42 bits per heavy atom. The highest BCUT2D eigenvalue weighted by Crippen LogP contribution is 2.33. The van der Waals surface area contributed by atoms with Crippen molar-refractivity contribution in [3.8, 4) is 5.75 Å². The summed E-state index contributed by atoms with van der Waals surface area (Å²) in [4.78, 5) is 0. The topological polar surface area (TPSA) is 9.23 Å². The lowest BCUT2D eigenvalue weighted by Gasteiger charge is -2.13. The molecule has 0 saturated heterocycles. The van der Waals surface area contributed by atoms with Crippen molar-refractivity contribution in [3.05, 3.63) is 53.0 Å². The number of fused-ring (bicyclic) bond motifs is 2. The van der Waals surface area contributed by atoms with Gasteiger partial charge in [0.2, 0.25) is 0 Å². The van der Waals surface area contributed by atoms with Crippen LogP contribution in [0.5, 0.6) is 5.75 Å². The Labute approximate surface area is 121 Å². The molecule has 2 heteroatoms. The number of hydrogen-bond donors (Lipinski definition) is 0. The molecule has 0 aromatic heterocycles. The van der Waals surface area contributed by atoms with Crippen LogP contribution < -0.4 is 4.74 Å². The first kappa shape index (κ1) is 12.5. The zero-order valence-electron chi connectivity index (χ0n) is 11.0. The van der Waals surface area contributed by atoms with E-state index in [1.54, 1.807) is 0 Å². The molecule has 96 valence electrons. The monoisotopic (exact) mass is 314 g/mol. The molecule has 3 rings (SSSR count). The summed E-state index contributed by atoms with van der Waals surface area (Å²) >= 11 is 3.58. The largest absolute Gasteiger partial charge is 0.490 e. The Bertz CT molecular complexity index is 747. The van der Waals surface area contributed by atoms with Crippen molar-refractivity contribution in [2.24, 2.45) is 0 Å². The minimum Gasteiger partial charge on any atom is -0.490 e. The molecule has 19 heavy (non-hydrogen) atoms. The van der Waals surface area contributed by atoms with Crippen LogP contribution in [-0.2, 0) is 0 Å². The molecule has 0 amide bonds. The van der Waals surface area contributed by atoms with E-state index in [-0.39, 0.29) is 6.10 Å². The van der Waals surface area contributed by atoms with E-state index in [0.29, 0.717) is 0 Å². The zero-order valence-corrected chi connectivity index (χ0v) is 12.6. The molecule has 0 aliphatic carbocycles. The van der Waals surface area contributed by atoms with Gasteiger partial charge in [-0.25, -0.2) is 0 Å². The van der Waals surface area contributed by atoms with Gasteiger partial charge in [-0.15, -0.1) is 0 Å². The van der Waals surface area contributed by atoms with Crippen molar-refractivity contribution >= 4 is 37.5 Å². The fraction of sp³-hybridized carbons (Fsp3) is 0.176. The number of halogens is 1. The summed E-state index contributed by atoms with van der Waals surface area (Å²) in [5, 5.41) is 4.95. The van der Waals surface area contributed by atoms with Crippen molar-refractivity contribution in [1.29, 1.82) is 0 Å². The lowest BCUT2D eigenvalue weighted by Crippen LogP contribution is -2.05. The highest BCUT2D eigenvalue weighted by atomic mass is 79.9. The molecule has 0 N–H and O–H groups in total. The van der Waals surface area contributed by atoms with Gasteiger partial charge in [0.1, 0.15) is 5.75 Å². The summed E-state index contributed by atoms with van der Waals surface area (Å²) < 4.78 is 6.82. The average molecular weight is 315 g/mol. The van der Waals surface area contributed by atoms with Gasteiger partial charge in [0.05, 0.1) is 10.6 Å². The van der Waals surface area contributed by atoms with Crippen LogP contribution in [0.1, 0.15) is 13.8 Å². The molecule has 0 radical (unpaired) electrons. The van der Waals surface area contributed by atoms with Crippen molar-refractivity contribution in [2.45, 2.75) is 20.0 Å². The molecule has 0 heterocycles. The van der Waals surface area contributed by atoms with E-state index in [1.165, 1.54) is 21.5 Å². The van der Waals surface area contributed by atoms with E-state index < -0.39 is 0 Å². The first-order valence-electron chi connectivity index (χ1n) is 6.42. The van der Waals surface area contributed by atoms with Gasteiger partial charge in [0.15, 0.2) is 0 Å². The van der Waals surface area contributed by atoms with Crippen LogP contribution in [0.2, 0.25) is 0 Å². The Balaban J connectivity index is 2.23. The molecule has 0 unspecified atom stereocenters. The van der Waals surface area contributed by atoms with Crippen LogP contribution in [-0.4, -0.2) is 6.10 Å². The van der Waals surface area contributed by atoms with E-state index in [1.807, 2.05) is 13.8 Å². The van der Waals surface area contributed by atoms with Crippen molar-refractivity contribution in [3.63, 3.8) is 0 Å². The maximum atomic E-state index is 5.82.